The molecule has 0 spiro atoms. The number of anilines is 1. The molecule has 10 heteroatoms. The van der Waals surface area contributed by atoms with Gasteiger partial charge in [-0.3, -0.25) is 14.5 Å². The maximum Gasteiger partial charge on any atom is 0.244 e. The lowest BCUT2D eigenvalue weighted by Crippen LogP contribution is -2.31. The number of ether oxygens (including phenoxy) is 2. The van der Waals surface area contributed by atoms with Gasteiger partial charge in [-0.15, -0.1) is 11.8 Å². The number of hydrogen-bond donors (Lipinski definition) is 0. The Labute approximate surface area is 185 Å². The maximum absolute atomic E-state index is 13.4. The predicted octanol–water partition coefficient (Wildman–Crippen LogP) is 2.79. The van der Waals surface area contributed by atoms with Crippen LogP contribution in [0, 0.1) is 0 Å². The van der Waals surface area contributed by atoms with Crippen molar-refractivity contribution in [1.29, 1.82) is 0 Å². The smallest absolute Gasteiger partial charge is 0.244 e. The summed E-state index contributed by atoms with van der Waals surface area (Å²) in [4.78, 5) is 25.1. The molecule has 2 aliphatic heterocycles. The molecule has 8 nitrogen and oxygen atoms in total. The monoisotopic (exact) mass is 462 g/mol. The number of hydrogen-bond acceptors (Lipinski definition) is 7. The van der Waals surface area contributed by atoms with Gasteiger partial charge in [-0.1, -0.05) is 6.07 Å². The van der Waals surface area contributed by atoms with Crippen molar-refractivity contribution in [3.05, 3.63) is 48.0 Å². The molecule has 0 N–H and O–H groups in total. The maximum atomic E-state index is 13.4. The van der Waals surface area contributed by atoms with Crippen LogP contribution in [-0.4, -0.2) is 51.1 Å². The summed E-state index contributed by atoms with van der Waals surface area (Å²) in [7, 11) is -0.702. The third-order valence-corrected chi connectivity index (χ3v) is 8.57. The van der Waals surface area contributed by atoms with E-state index < -0.39 is 15.4 Å². The highest BCUT2D eigenvalue weighted by Gasteiger charge is 2.37. The van der Waals surface area contributed by atoms with Gasteiger partial charge in [-0.05, 0) is 42.0 Å². The molecule has 0 bridgehead atoms. The Kier molecular flexibility index (Phi) is 5.96. The highest BCUT2D eigenvalue weighted by atomic mass is 32.2. The average Bonchev–Trinajstić information content (AvgIpc) is 3.40. The molecule has 0 aromatic heterocycles. The van der Waals surface area contributed by atoms with Crippen LogP contribution in [0.2, 0.25) is 0 Å². The molecule has 2 aromatic rings. The fraction of sp³-hybridized carbons (Fsp3) is 0.333. The van der Waals surface area contributed by atoms with Gasteiger partial charge >= 0.3 is 0 Å². The van der Waals surface area contributed by atoms with Crippen molar-refractivity contribution in [2.45, 2.75) is 23.1 Å². The first kappa shape index (κ1) is 21.7. The molecule has 0 radical (unpaired) electrons. The van der Waals surface area contributed by atoms with Crippen LogP contribution in [0.15, 0.2) is 47.4 Å². The Bertz CT molecular complexity index is 1100. The summed E-state index contributed by atoms with van der Waals surface area (Å²) in [5, 5.41) is -0.397. The summed E-state index contributed by atoms with van der Waals surface area (Å²) < 4.78 is 38.8. The first-order chi connectivity index (χ1) is 14.9. The Morgan fingerprint density at radius 3 is 2.19 bits per heavy atom. The predicted molar refractivity (Wildman–Crippen MR) is 117 cm³/mol. The average molecular weight is 463 g/mol. The first-order valence-electron chi connectivity index (χ1n) is 9.68. The molecule has 2 aliphatic rings. The van der Waals surface area contributed by atoms with E-state index in [4.69, 9.17) is 9.47 Å². The number of imide groups is 1. The lowest BCUT2D eigenvalue weighted by Gasteiger charge is -2.24. The lowest BCUT2D eigenvalue weighted by molar-refractivity contribution is -0.121. The van der Waals surface area contributed by atoms with Gasteiger partial charge in [0.2, 0.25) is 21.8 Å². The first-order valence-corrected chi connectivity index (χ1v) is 12.2. The zero-order valence-electron chi connectivity index (χ0n) is 17.1. The second-order valence-electron chi connectivity index (χ2n) is 7.07. The van der Waals surface area contributed by atoms with Gasteiger partial charge in [0.25, 0.3) is 0 Å². The van der Waals surface area contributed by atoms with Gasteiger partial charge < -0.3 is 9.47 Å². The van der Waals surface area contributed by atoms with Crippen molar-refractivity contribution in [3.8, 4) is 11.5 Å². The van der Waals surface area contributed by atoms with E-state index in [0.29, 0.717) is 29.5 Å². The second-order valence-corrected chi connectivity index (χ2v) is 10.1. The lowest BCUT2D eigenvalue weighted by atomic mass is 10.2. The number of rotatable bonds is 6. The minimum absolute atomic E-state index is 0.114. The molecule has 1 atom stereocenters. The van der Waals surface area contributed by atoms with Gasteiger partial charge in [0.15, 0.2) is 11.5 Å². The summed E-state index contributed by atoms with van der Waals surface area (Å²) >= 11 is 1.53. The molecule has 2 saturated heterocycles. The second kappa shape index (κ2) is 8.52. The Morgan fingerprint density at radius 1 is 0.935 bits per heavy atom. The van der Waals surface area contributed by atoms with Crippen molar-refractivity contribution in [2.75, 3.05) is 31.4 Å². The van der Waals surface area contributed by atoms with Crippen LogP contribution >= 0.6 is 11.8 Å². The van der Waals surface area contributed by atoms with E-state index >= 15 is 0 Å². The van der Waals surface area contributed by atoms with E-state index in [0.717, 1.165) is 10.5 Å². The number of nitrogens with zero attached hydrogens (tertiary/aromatic N) is 2. The fourth-order valence-electron chi connectivity index (χ4n) is 3.74. The third-order valence-electron chi connectivity index (χ3n) is 5.29. The molecule has 4 rings (SSSR count). The van der Waals surface area contributed by atoms with Gasteiger partial charge in [0.05, 0.1) is 30.2 Å². The zero-order valence-corrected chi connectivity index (χ0v) is 18.7. The SMILES string of the molecule is COc1ccc(C2SCCN2S(=O)(=O)c2ccc(N3C(=O)CCC3=O)cc2)cc1OC. The molecule has 0 saturated carbocycles. The molecule has 2 heterocycles. The molecular weight excluding hydrogens is 440 g/mol. The number of carbonyl (C=O) groups is 2. The molecule has 1 unspecified atom stereocenters. The molecule has 31 heavy (non-hydrogen) atoms. The van der Waals surface area contributed by atoms with E-state index in [1.807, 2.05) is 6.07 Å². The minimum atomic E-state index is -3.79. The number of carbonyl (C=O) groups excluding carboxylic acids is 2. The Morgan fingerprint density at radius 2 is 1.58 bits per heavy atom. The zero-order chi connectivity index (χ0) is 22.2. The van der Waals surface area contributed by atoms with Gasteiger partial charge in [0, 0.05) is 25.1 Å². The molecule has 0 aliphatic carbocycles. The number of benzene rings is 2. The molecular formula is C21H22N2O6S2. The van der Waals surface area contributed by atoms with Crippen molar-refractivity contribution in [3.63, 3.8) is 0 Å². The van der Waals surface area contributed by atoms with Crippen molar-refractivity contribution >= 4 is 39.3 Å². The summed E-state index contributed by atoms with van der Waals surface area (Å²) in [5.74, 6) is 1.22. The van der Waals surface area contributed by atoms with Gasteiger partial charge in [-0.2, -0.15) is 4.31 Å². The van der Waals surface area contributed by atoms with E-state index in [-0.39, 0.29) is 29.6 Å². The number of amides is 2. The van der Waals surface area contributed by atoms with Crippen LogP contribution in [0.5, 0.6) is 11.5 Å². The standard InChI is InChI=1S/C21H22N2O6S2/c1-28-17-8-3-14(13-18(17)29-2)21-22(11-12-30-21)31(26,27)16-6-4-15(5-7-16)23-19(24)9-10-20(23)25/h3-8,13,21H,9-12H2,1-2H3. The van der Waals surface area contributed by atoms with E-state index in [2.05, 4.69) is 0 Å². The van der Waals surface area contributed by atoms with Gasteiger partial charge in [0.1, 0.15) is 0 Å². The van der Waals surface area contributed by atoms with Crippen LogP contribution < -0.4 is 14.4 Å². The number of methoxy groups -OCH3 is 2. The van der Waals surface area contributed by atoms with Crippen molar-refractivity contribution in [1.82, 2.24) is 4.31 Å². The Hall–Kier alpha value is -2.56. The van der Waals surface area contributed by atoms with E-state index in [9.17, 15) is 18.0 Å². The summed E-state index contributed by atoms with van der Waals surface area (Å²) in [6.45, 7) is 0.372. The van der Waals surface area contributed by atoms with Crippen LogP contribution in [-0.2, 0) is 19.6 Å². The van der Waals surface area contributed by atoms with Crippen molar-refractivity contribution in [2.24, 2.45) is 0 Å². The number of sulfonamides is 1. The van der Waals surface area contributed by atoms with Crippen LogP contribution in [0.25, 0.3) is 0 Å². The molecule has 164 valence electrons. The summed E-state index contributed by atoms with van der Waals surface area (Å²) in [6.07, 6.45) is 0.355. The molecule has 2 amide bonds. The van der Waals surface area contributed by atoms with Crippen LogP contribution in [0.4, 0.5) is 5.69 Å². The summed E-state index contributed by atoms with van der Waals surface area (Å²) in [5.41, 5.74) is 1.19. The minimum Gasteiger partial charge on any atom is -0.493 e. The van der Waals surface area contributed by atoms with E-state index in [1.165, 1.54) is 47.4 Å². The third kappa shape index (κ3) is 3.90. The molecule has 2 aromatic carbocycles. The topological polar surface area (TPSA) is 93.2 Å². The van der Waals surface area contributed by atoms with Crippen LogP contribution in [0.3, 0.4) is 0 Å². The summed E-state index contributed by atoms with van der Waals surface area (Å²) in [6, 6.07) is 11.3. The van der Waals surface area contributed by atoms with E-state index in [1.54, 1.807) is 19.2 Å². The quantitative estimate of drug-likeness (QED) is 0.610. The fourth-order valence-corrected chi connectivity index (χ4v) is 6.97. The highest BCUT2D eigenvalue weighted by molar-refractivity contribution is 8.01. The highest BCUT2D eigenvalue weighted by Crippen LogP contribution is 2.43. The molecule has 2 fully saturated rings. The van der Waals surface area contributed by atoms with Crippen molar-refractivity contribution < 1.29 is 27.5 Å². The number of thioether (sulfide) groups is 1. The largest absolute Gasteiger partial charge is 0.493 e. The van der Waals surface area contributed by atoms with Gasteiger partial charge in [-0.25, -0.2) is 8.42 Å². The Balaban J connectivity index is 1.62. The van der Waals surface area contributed by atoms with Crippen LogP contribution in [0.1, 0.15) is 23.8 Å². The normalized spacial score (nSPS) is 19.8.